The number of hydrogen-bond acceptors (Lipinski definition) is 2. The lowest BCUT2D eigenvalue weighted by Gasteiger charge is -2.26. The Morgan fingerprint density at radius 2 is 1.94 bits per heavy atom. The van der Waals surface area contributed by atoms with Crippen molar-refractivity contribution in [3.8, 4) is 0 Å². The van der Waals surface area contributed by atoms with Crippen molar-refractivity contribution in [2.45, 2.75) is 43.7 Å². The molecule has 0 spiro atoms. The van der Waals surface area contributed by atoms with Gasteiger partial charge in [0.25, 0.3) is 0 Å². The second-order valence-electron chi connectivity index (χ2n) is 5.34. The zero-order valence-electron chi connectivity index (χ0n) is 10.3. The van der Waals surface area contributed by atoms with E-state index < -0.39 is 5.54 Å². The van der Waals surface area contributed by atoms with Crippen molar-refractivity contribution < 1.29 is 4.79 Å². The second kappa shape index (κ2) is 4.90. The van der Waals surface area contributed by atoms with Crippen LogP contribution in [0.3, 0.4) is 0 Å². The lowest BCUT2D eigenvalue weighted by Crippen LogP contribution is -2.48. The Balaban J connectivity index is 0.00000120. The number of carbonyl (C=O) groups excluding carboxylic acids is 1. The Morgan fingerprint density at radius 1 is 1.28 bits per heavy atom. The van der Waals surface area contributed by atoms with Crippen LogP contribution in [-0.4, -0.2) is 17.5 Å². The molecule has 0 bridgehead atoms. The normalized spacial score (nSPS) is 23.5. The fourth-order valence-electron chi connectivity index (χ4n) is 2.51. The fourth-order valence-corrected chi connectivity index (χ4v) is 2.51. The molecule has 3 N–H and O–H groups in total. The first kappa shape index (κ1) is 13.4. The molecule has 1 aromatic rings. The van der Waals surface area contributed by atoms with E-state index in [0.29, 0.717) is 0 Å². The highest BCUT2D eigenvalue weighted by molar-refractivity contribution is 5.89. The van der Waals surface area contributed by atoms with Gasteiger partial charge >= 0.3 is 0 Å². The summed E-state index contributed by atoms with van der Waals surface area (Å²) in [5.41, 5.74) is 8.13. The monoisotopic (exact) mass is 266 g/mol. The molecular formula is C14H19ClN2O. The maximum Gasteiger partial charge on any atom is 0.240 e. The van der Waals surface area contributed by atoms with Gasteiger partial charge in [-0.2, -0.15) is 0 Å². The van der Waals surface area contributed by atoms with Gasteiger partial charge in [-0.05, 0) is 43.2 Å². The van der Waals surface area contributed by atoms with Gasteiger partial charge in [-0.3, -0.25) is 4.79 Å². The molecule has 4 heteroatoms. The molecule has 18 heavy (non-hydrogen) atoms. The molecule has 0 heterocycles. The largest absolute Gasteiger partial charge is 0.351 e. The van der Waals surface area contributed by atoms with Crippen molar-refractivity contribution in [2.24, 2.45) is 5.73 Å². The molecule has 1 atom stereocenters. The molecule has 1 unspecified atom stereocenters. The third kappa shape index (κ3) is 2.52. The SMILES string of the molecule is Cl.NC1(C(=O)NC2CCc3ccccc3C2)CC1. The number of carbonyl (C=O) groups is 1. The number of amides is 1. The van der Waals surface area contributed by atoms with E-state index in [2.05, 4.69) is 29.6 Å². The Labute approximate surface area is 114 Å². The van der Waals surface area contributed by atoms with Gasteiger partial charge in [0.1, 0.15) is 0 Å². The molecule has 1 fully saturated rings. The lowest BCUT2D eigenvalue weighted by molar-refractivity contribution is -0.124. The van der Waals surface area contributed by atoms with E-state index in [1.165, 1.54) is 11.1 Å². The third-order valence-electron chi connectivity index (χ3n) is 3.92. The number of benzene rings is 1. The molecule has 1 aromatic carbocycles. The second-order valence-corrected chi connectivity index (χ2v) is 5.34. The van der Waals surface area contributed by atoms with E-state index in [4.69, 9.17) is 5.73 Å². The van der Waals surface area contributed by atoms with Gasteiger partial charge in [-0.1, -0.05) is 24.3 Å². The molecule has 1 saturated carbocycles. The van der Waals surface area contributed by atoms with E-state index in [1.807, 2.05) is 0 Å². The quantitative estimate of drug-likeness (QED) is 0.854. The summed E-state index contributed by atoms with van der Waals surface area (Å²) in [4.78, 5) is 11.9. The molecule has 0 radical (unpaired) electrons. The Kier molecular flexibility index (Phi) is 3.64. The number of fused-ring (bicyclic) bond motifs is 1. The smallest absolute Gasteiger partial charge is 0.240 e. The molecule has 2 aliphatic rings. The predicted octanol–water partition coefficient (Wildman–Crippen LogP) is 1.57. The fraction of sp³-hybridized carbons (Fsp3) is 0.500. The highest BCUT2D eigenvalue weighted by Gasteiger charge is 2.46. The zero-order valence-corrected chi connectivity index (χ0v) is 11.1. The summed E-state index contributed by atoms with van der Waals surface area (Å²) in [5.74, 6) is 0.0434. The maximum absolute atomic E-state index is 11.9. The van der Waals surface area contributed by atoms with Gasteiger partial charge in [-0.15, -0.1) is 12.4 Å². The van der Waals surface area contributed by atoms with Gasteiger partial charge in [0.05, 0.1) is 5.54 Å². The summed E-state index contributed by atoms with van der Waals surface area (Å²) in [5, 5.41) is 3.10. The highest BCUT2D eigenvalue weighted by Crippen LogP contribution is 2.32. The summed E-state index contributed by atoms with van der Waals surface area (Å²) < 4.78 is 0. The molecule has 2 aliphatic carbocycles. The highest BCUT2D eigenvalue weighted by atomic mass is 35.5. The van der Waals surface area contributed by atoms with Crippen molar-refractivity contribution in [2.75, 3.05) is 0 Å². The van der Waals surface area contributed by atoms with Crippen molar-refractivity contribution >= 4 is 18.3 Å². The number of halogens is 1. The summed E-state index contributed by atoms with van der Waals surface area (Å²) in [6, 6.07) is 8.74. The average molecular weight is 267 g/mol. The number of nitrogens with one attached hydrogen (secondary N) is 1. The summed E-state index contributed by atoms with van der Waals surface area (Å²) in [7, 11) is 0. The minimum absolute atomic E-state index is 0. The van der Waals surface area contributed by atoms with Crippen LogP contribution in [0.5, 0.6) is 0 Å². The molecular weight excluding hydrogens is 248 g/mol. The minimum Gasteiger partial charge on any atom is -0.351 e. The number of rotatable bonds is 2. The lowest BCUT2D eigenvalue weighted by atomic mass is 9.88. The van der Waals surface area contributed by atoms with Gasteiger partial charge < -0.3 is 11.1 Å². The van der Waals surface area contributed by atoms with Crippen molar-refractivity contribution in [3.63, 3.8) is 0 Å². The molecule has 0 aliphatic heterocycles. The Hall–Kier alpha value is -1.06. The predicted molar refractivity (Wildman–Crippen MR) is 73.8 cm³/mol. The van der Waals surface area contributed by atoms with E-state index in [0.717, 1.165) is 32.1 Å². The van der Waals surface area contributed by atoms with Crippen molar-refractivity contribution in [1.29, 1.82) is 0 Å². The van der Waals surface area contributed by atoms with Crippen molar-refractivity contribution in [1.82, 2.24) is 5.32 Å². The Bertz CT molecular complexity index is 457. The third-order valence-corrected chi connectivity index (χ3v) is 3.92. The molecule has 3 nitrogen and oxygen atoms in total. The van der Waals surface area contributed by atoms with Crippen LogP contribution in [0, 0.1) is 0 Å². The zero-order chi connectivity index (χ0) is 11.9. The molecule has 3 rings (SSSR count). The van der Waals surface area contributed by atoms with Gasteiger partial charge in [0, 0.05) is 6.04 Å². The molecule has 1 amide bonds. The van der Waals surface area contributed by atoms with Gasteiger partial charge in [0.15, 0.2) is 0 Å². The minimum atomic E-state index is -0.545. The molecule has 0 saturated heterocycles. The van der Waals surface area contributed by atoms with E-state index in [9.17, 15) is 4.79 Å². The van der Waals surface area contributed by atoms with E-state index in [-0.39, 0.29) is 24.4 Å². The van der Waals surface area contributed by atoms with Crippen molar-refractivity contribution in [3.05, 3.63) is 35.4 Å². The summed E-state index contributed by atoms with van der Waals surface area (Å²) in [6.07, 6.45) is 4.69. The van der Waals surface area contributed by atoms with Crippen LogP contribution in [0.15, 0.2) is 24.3 Å². The number of hydrogen-bond donors (Lipinski definition) is 2. The first-order valence-corrected chi connectivity index (χ1v) is 6.34. The average Bonchev–Trinajstić information content (AvgIpc) is 3.09. The molecule has 0 aromatic heterocycles. The summed E-state index contributed by atoms with van der Waals surface area (Å²) in [6.45, 7) is 0. The first-order chi connectivity index (χ1) is 8.17. The maximum atomic E-state index is 11.9. The van der Waals surface area contributed by atoms with Crippen LogP contribution in [0.2, 0.25) is 0 Å². The number of nitrogens with two attached hydrogens (primary N) is 1. The van der Waals surface area contributed by atoms with Crippen LogP contribution < -0.4 is 11.1 Å². The van der Waals surface area contributed by atoms with E-state index >= 15 is 0 Å². The Morgan fingerprint density at radius 3 is 2.61 bits per heavy atom. The van der Waals surface area contributed by atoms with Crippen LogP contribution in [0.25, 0.3) is 0 Å². The van der Waals surface area contributed by atoms with Crippen LogP contribution in [0.4, 0.5) is 0 Å². The van der Waals surface area contributed by atoms with Gasteiger partial charge in [0.2, 0.25) is 5.91 Å². The van der Waals surface area contributed by atoms with E-state index in [1.54, 1.807) is 0 Å². The number of aryl methyl sites for hydroxylation is 1. The van der Waals surface area contributed by atoms with Crippen LogP contribution >= 0.6 is 12.4 Å². The molecule has 98 valence electrons. The van der Waals surface area contributed by atoms with Crippen LogP contribution in [0.1, 0.15) is 30.4 Å². The first-order valence-electron chi connectivity index (χ1n) is 6.34. The summed E-state index contributed by atoms with van der Waals surface area (Å²) >= 11 is 0. The van der Waals surface area contributed by atoms with Crippen LogP contribution in [-0.2, 0) is 17.6 Å². The van der Waals surface area contributed by atoms with Gasteiger partial charge in [-0.25, -0.2) is 0 Å². The standard InChI is InChI=1S/C14H18N2O.ClH/c15-14(7-8-14)13(17)16-12-6-5-10-3-1-2-4-11(10)9-12;/h1-4,12H,5-9,15H2,(H,16,17);1H. The topological polar surface area (TPSA) is 55.1 Å².